The van der Waals surface area contributed by atoms with Crippen molar-refractivity contribution in [3.63, 3.8) is 0 Å². The molecule has 0 atom stereocenters. The van der Waals surface area contributed by atoms with Crippen LogP contribution in [-0.2, 0) is 10.2 Å². The number of halogens is 2. The Labute approximate surface area is 155 Å². The fraction of sp³-hybridized carbons (Fsp3) is 0.263. The van der Waals surface area contributed by atoms with Crippen LogP contribution in [0.5, 0.6) is 0 Å². The summed E-state index contributed by atoms with van der Waals surface area (Å²) in [5, 5.41) is 0.283. The van der Waals surface area contributed by atoms with Crippen LogP contribution in [0.4, 0.5) is 0 Å². The molecule has 2 aromatic rings. The number of Topliss-reactive ketones (excluding diaryl/α,β-unsaturated/α-hetero) is 1. The zero-order valence-electron chi connectivity index (χ0n) is 13.7. The number of hydrogen-bond acceptors (Lipinski definition) is 3. The summed E-state index contributed by atoms with van der Waals surface area (Å²) in [5.41, 5.74) is 1.89. The van der Waals surface area contributed by atoms with Crippen LogP contribution in [-0.4, -0.2) is 18.4 Å². The molecule has 0 saturated heterocycles. The summed E-state index contributed by atoms with van der Waals surface area (Å²) < 4.78 is 5.79. The lowest BCUT2D eigenvalue weighted by atomic mass is 9.86. The number of benzene rings is 2. The average molecular weight is 410 g/mol. The average Bonchev–Trinajstić information content (AvgIpc) is 2.53. The van der Waals surface area contributed by atoms with Gasteiger partial charge in [0, 0.05) is 10.0 Å². The minimum absolute atomic E-state index is 0.0193. The van der Waals surface area contributed by atoms with Crippen LogP contribution in [0, 0.1) is 0 Å². The summed E-state index contributed by atoms with van der Waals surface area (Å²) in [5.74, 6) is -0.879. The number of ether oxygens (including phenoxy) is 1. The molecule has 0 N–H and O–H groups in total. The standard InChI is InChI=1S/C19H18BrClO3/c1-19(2,3)13-6-4-12(5-7-13)17(22)11-24-18(23)15-10-14(20)8-9-16(15)21/h4-10H,11H2,1-3H3. The lowest BCUT2D eigenvalue weighted by Gasteiger charge is -2.18. The van der Waals surface area contributed by atoms with Gasteiger partial charge in [0.05, 0.1) is 10.6 Å². The van der Waals surface area contributed by atoms with E-state index >= 15 is 0 Å². The van der Waals surface area contributed by atoms with Crippen molar-refractivity contribution in [2.24, 2.45) is 0 Å². The van der Waals surface area contributed by atoms with Crippen molar-refractivity contribution in [2.75, 3.05) is 6.61 Å². The summed E-state index contributed by atoms with van der Waals surface area (Å²) in [4.78, 5) is 24.2. The van der Waals surface area contributed by atoms with Crippen LogP contribution in [0.2, 0.25) is 5.02 Å². The van der Waals surface area contributed by atoms with Gasteiger partial charge in [-0.05, 0) is 29.2 Å². The molecule has 0 saturated carbocycles. The second-order valence-electron chi connectivity index (χ2n) is 6.45. The van der Waals surface area contributed by atoms with Crippen LogP contribution in [0.15, 0.2) is 46.9 Å². The van der Waals surface area contributed by atoms with Gasteiger partial charge in [-0.1, -0.05) is 72.6 Å². The van der Waals surface area contributed by atoms with Crippen LogP contribution in [0.3, 0.4) is 0 Å². The molecule has 0 spiro atoms. The second kappa shape index (κ2) is 7.49. The van der Waals surface area contributed by atoms with E-state index in [1.165, 1.54) is 0 Å². The van der Waals surface area contributed by atoms with Gasteiger partial charge < -0.3 is 4.74 Å². The number of carbonyl (C=O) groups excluding carboxylic acids is 2. The van der Waals surface area contributed by atoms with Crippen LogP contribution in [0.1, 0.15) is 47.1 Å². The maximum Gasteiger partial charge on any atom is 0.340 e. The molecule has 2 aromatic carbocycles. The normalized spacial score (nSPS) is 11.2. The van der Waals surface area contributed by atoms with Crippen molar-refractivity contribution in [3.05, 3.63) is 68.7 Å². The third-order valence-electron chi connectivity index (χ3n) is 3.56. The predicted octanol–water partition coefficient (Wildman–Crippen LogP) is 5.44. The molecule has 126 valence electrons. The molecule has 0 radical (unpaired) electrons. The Hall–Kier alpha value is -1.65. The minimum atomic E-state index is -0.624. The number of hydrogen-bond donors (Lipinski definition) is 0. The number of ketones is 1. The highest BCUT2D eigenvalue weighted by Gasteiger charge is 2.17. The van der Waals surface area contributed by atoms with Gasteiger partial charge >= 0.3 is 5.97 Å². The van der Waals surface area contributed by atoms with E-state index in [4.69, 9.17) is 16.3 Å². The van der Waals surface area contributed by atoms with Gasteiger partial charge in [-0.15, -0.1) is 0 Å². The Morgan fingerprint density at radius 3 is 2.29 bits per heavy atom. The molecule has 0 heterocycles. The highest BCUT2D eigenvalue weighted by molar-refractivity contribution is 9.10. The fourth-order valence-corrected chi connectivity index (χ4v) is 2.66. The van der Waals surface area contributed by atoms with Gasteiger partial charge in [-0.25, -0.2) is 4.79 Å². The molecule has 2 rings (SSSR count). The van der Waals surface area contributed by atoms with Gasteiger partial charge in [-0.2, -0.15) is 0 Å². The Kier molecular flexibility index (Phi) is 5.83. The molecule has 0 amide bonds. The van der Waals surface area contributed by atoms with E-state index in [-0.39, 0.29) is 28.4 Å². The zero-order valence-corrected chi connectivity index (χ0v) is 16.1. The summed E-state index contributed by atoms with van der Waals surface area (Å²) in [6, 6.07) is 12.2. The second-order valence-corrected chi connectivity index (χ2v) is 7.77. The van der Waals surface area contributed by atoms with Crippen molar-refractivity contribution < 1.29 is 14.3 Å². The van der Waals surface area contributed by atoms with Crippen molar-refractivity contribution in [1.82, 2.24) is 0 Å². The monoisotopic (exact) mass is 408 g/mol. The smallest absolute Gasteiger partial charge is 0.340 e. The quantitative estimate of drug-likeness (QED) is 0.499. The molecule has 0 aliphatic rings. The first kappa shape index (κ1) is 18.7. The maximum absolute atomic E-state index is 12.2. The van der Waals surface area contributed by atoms with Gasteiger partial charge in [0.1, 0.15) is 0 Å². The number of carbonyl (C=O) groups is 2. The zero-order chi connectivity index (χ0) is 17.9. The summed E-state index contributed by atoms with van der Waals surface area (Å²) >= 11 is 9.25. The van der Waals surface area contributed by atoms with Crippen molar-refractivity contribution in [3.8, 4) is 0 Å². The molecule has 3 nitrogen and oxygen atoms in total. The van der Waals surface area contributed by atoms with Gasteiger partial charge in [-0.3, -0.25) is 4.79 Å². The Balaban J connectivity index is 2.02. The largest absolute Gasteiger partial charge is 0.454 e. The number of esters is 1. The third kappa shape index (κ3) is 4.68. The molecule has 0 aliphatic heterocycles. The van der Waals surface area contributed by atoms with E-state index in [0.29, 0.717) is 10.0 Å². The Bertz CT molecular complexity index is 761. The van der Waals surface area contributed by atoms with Crippen LogP contribution < -0.4 is 0 Å². The number of rotatable bonds is 4. The van der Waals surface area contributed by atoms with Gasteiger partial charge in [0.25, 0.3) is 0 Å². The van der Waals surface area contributed by atoms with Crippen molar-refractivity contribution >= 4 is 39.3 Å². The Morgan fingerprint density at radius 1 is 1.08 bits per heavy atom. The minimum Gasteiger partial charge on any atom is -0.454 e. The molecule has 5 heteroatoms. The highest BCUT2D eigenvalue weighted by Crippen LogP contribution is 2.23. The highest BCUT2D eigenvalue weighted by atomic mass is 79.9. The van der Waals surface area contributed by atoms with E-state index in [1.807, 2.05) is 12.1 Å². The molecule has 24 heavy (non-hydrogen) atoms. The SMILES string of the molecule is CC(C)(C)c1ccc(C(=O)COC(=O)c2cc(Br)ccc2Cl)cc1. The Morgan fingerprint density at radius 2 is 1.71 bits per heavy atom. The van der Waals surface area contributed by atoms with E-state index in [1.54, 1.807) is 30.3 Å². The van der Waals surface area contributed by atoms with Crippen molar-refractivity contribution in [2.45, 2.75) is 26.2 Å². The summed E-state index contributed by atoms with van der Waals surface area (Å²) in [6.07, 6.45) is 0. The summed E-state index contributed by atoms with van der Waals surface area (Å²) in [6.45, 7) is 5.99. The van der Waals surface area contributed by atoms with E-state index in [9.17, 15) is 9.59 Å². The van der Waals surface area contributed by atoms with E-state index in [2.05, 4.69) is 36.7 Å². The third-order valence-corrected chi connectivity index (χ3v) is 4.38. The predicted molar refractivity (Wildman–Crippen MR) is 98.9 cm³/mol. The van der Waals surface area contributed by atoms with Crippen LogP contribution in [0.25, 0.3) is 0 Å². The lowest BCUT2D eigenvalue weighted by Crippen LogP contribution is -2.15. The first-order valence-electron chi connectivity index (χ1n) is 7.44. The van der Waals surface area contributed by atoms with Gasteiger partial charge in [0.15, 0.2) is 12.4 Å². The molecule has 0 bridgehead atoms. The molecule has 0 aromatic heterocycles. The molecule has 0 aliphatic carbocycles. The van der Waals surface area contributed by atoms with Crippen LogP contribution >= 0.6 is 27.5 Å². The topological polar surface area (TPSA) is 43.4 Å². The van der Waals surface area contributed by atoms with Crippen molar-refractivity contribution in [1.29, 1.82) is 0 Å². The van der Waals surface area contributed by atoms with E-state index < -0.39 is 5.97 Å². The molecule has 0 fully saturated rings. The maximum atomic E-state index is 12.2. The first-order chi connectivity index (χ1) is 11.2. The molecular weight excluding hydrogens is 392 g/mol. The lowest BCUT2D eigenvalue weighted by molar-refractivity contribution is 0.0475. The first-order valence-corrected chi connectivity index (χ1v) is 8.61. The van der Waals surface area contributed by atoms with Gasteiger partial charge in [0.2, 0.25) is 0 Å². The fourth-order valence-electron chi connectivity index (χ4n) is 2.10. The molecular formula is C19H18BrClO3. The van der Waals surface area contributed by atoms with E-state index in [0.717, 1.165) is 5.56 Å². The molecule has 0 unspecified atom stereocenters. The summed E-state index contributed by atoms with van der Waals surface area (Å²) in [7, 11) is 0.